The maximum atomic E-state index is 12.4. The Morgan fingerprint density at radius 2 is 1.86 bits per heavy atom. The van der Waals surface area contributed by atoms with Gasteiger partial charge >= 0.3 is 0 Å². The lowest BCUT2D eigenvalue weighted by Gasteiger charge is -2.03. The van der Waals surface area contributed by atoms with Crippen LogP contribution in [-0.4, -0.2) is 5.91 Å². The summed E-state index contributed by atoms with van der Waals surface area (Å²) in [5.41, 5.74) is 1.13. The van der Waals surface area contributed by atoms with Crippen molar-refractivity contribution in [3.8, 4) is 6.07 Å². The summed E-state index contributed by atoms with van der Waals surface area (Å²) in [4.78, 5) is 12.8. The van der Waals surface area contributed by atoms with Crippen molar-refractivity contribution >= 4 is 56.2 Å². The molecule has 2 aromatic carbocycles. The van der Waals surface area contributed by atoms with Crippen LogP contribution in [0.25, 0.3) is 10.1 Å². The molecular formula is C16H8Cl2N2OS. The molecule has 6 heteroatoms. The number of hydrogen-bond donors (Lipinski definition) is 1. The molecule has 0 unspecified atom stereocenters. The van der Waals surface area contributed by atoms with Crippen LogP contribution in [0.5, 0.6) is 0 Å². The van der Waals surface area contributed by atoms with Crippen molar-refractivity contribution in [3.63, 3.8) is 0 Å². The number of carbonyl (C=O) groups is 1. The second-order valence-electron chi connectivity index (χ2n) is 4.50. The number of amides is 1. The number of fused-ring (bicyclic) bond motifs is 1. The molecular weight excluding hydrogens is 339 g/mol. The van der Waals surface area contributed by atoms with Crippen LogP contribution < -0.4 is 5.32 Å². The van der Waals surface area contributed by atoms with Crippen LogP contribution in [0.4, 0.5) is 5.69 Å². The number of nitriles is 1. The minimum atomic E-state index is -0.299. The van der Waals surface area contributed by atoms with E-state index in [0.717, 1.165) is 4.70 Å². The van der Waals surface area contributed by atoms with Crippen LogP contribution in [0.15, 0.2) is 42.5 Å². The third-order valence-corrected chi connectivity index (χ3v) is 5.04. The third kappa shape index (κ3) is 2.67. The highest BCUT2D eigenvalue weighted by molar-refractivity contribution is 7.21. The molecule has 3 aromatic rings. The van der Waals surface area contributed by atoms with E-state index in [1.165, 1.54) is 11.3 Å². The molecule has 108 valence electrons. The van der Waals surface area contributed by atoms with Crippen molar-refractivity contribution < 1.29 is 4.79 Å². The van der Waals surface area contributed by atoms with E-state index in [2.05, 4.69) is 5.32 Å². The standard InChI is InChI=1S/C16H8Cl2N2OS/c17-11-2-1-3-12-13(11)14(18)15(22-12)16(21)20-10-6-4-9(8-19)5-7-10/h1-7H,(H,20,21). The number of rotatable bonds is 2. The predicted molar refractivity (Wildman–Crippen MR) is 91.0 cm³/mol. The first-order valence-electron chi connectivity index (χ1n) is 6.28. The first-order chi connectivity index (χ1) is 10.6. The first-order valence-corrected chi connectivity index (χ1v) is 7.85. The van der Waals surface area contributed by atoms with E-state index in [1.807, 2.05) is 18.2 Å². The number of benzene rings is 2. The van der Waals surface area contributed by atoms with E-state index in [1.54, 1.807) is 30.3 Å². The normalized spacial score (nSPS) is 10.4. The highest BCUT2D eigenvalue weighted by Crippen LogP contribution is 2.39. The molecule has 0 aliphatic heterocycles. The molecule has 3 rings (SSSR count). The van der Waals surface area contributed by atoms with Gasteiger partial charge in [0.05, 0.1) is 21.7 Å². The lowest BCUT2D eigenvalue weighted by molar-refractivity contribution is 0.103. The van der Waals surface area contributed by atoms with Gasteiger partial charge in [0, 0.05) is 15.8 Å². The number of thiophene rings is 1. The molecule has 0 atom stereocenters. The maximum Gasteiger partial charge on any atom is 0.267 e. The van der Waals surface area contributed by atoms with Gasteiger partial charge in [-0.1, -0.05) is 29.3 Å². The first kappa shape index (κ1) is 14.9. The molecule has 1 N–H and O–H groups in total. The lowest BCUT2D eigenvalue weighted by atomic mass is 10.2. The Hall–Kier alpha value is -2.06. The Labute approximate surface area is 140 Å². The van der Waals surface area contributed by atoms with E-state index < -0.39 is 0 Å². The van der Waals surface area contributed by atoms with Gasteiger partial charge in [-0.15, -0.1) is 11.3 Å². The molecule has 0 spiro atoms. The smallest absolute Gasteiger partial charge is 0.267 e. The summed E-state index contributed by atoms with van der Waals surface area (Å²) in [5, 5.41) is 13.1. The van der Waals surface area contributed by atoms with Gasteiger partial charge in [0.15, 0.2) is 0 Å². The van der Waals surface area contributed by atoms with E-state index in [9.17, 15) is 4.79 Å². The molecule has 0 radical (unpaired) electrons. The summed E-state index contributed by atoms with van der Waals surface area (Å²) in [6, 6.07) is 14.1. The Morgan fingerprint density at radius 1 is 1.14 bits per heavy atom. The molecule has 1 heterocycles. The van der Waals surface area contributed by atoms with Crippen molar-refractivity contribution in [2.45, 2.75) is 0 Å². The molecule has 22 heavy (non-hydrogen) atoms. The van der Waals surface area contributed by atoms with Crippen LogP contribution in [0.1, 0.15) is 15.2 Å². The van der Waals surface area contributed by atoms with Crippen molar-refractivity contribution in [3.05, 3.63) is 63.0 Å². The molecule has 0 bridgehead atoms. The van der Waals surface area contributed by atoms with Crippen molar-refractivity contribution in [1.29, 1.82) is 5.26 Å². The Kier molecular flexibility index (Phi) is 4.04. The number of carbonyl (C=O) groups excluding carboxylic acids is 1. The molecule has 1 amide bonds. The zero-order valence-electron chi connectivity index (χ0n) is 11.1. The zero-order valence-corrected chi connectivity index (χ0v) is 13.4. The fraction of sp³-hybridized carbons (Fsp3) is 0. The maximum absolute atomic E-state index is 12.4. The second-order valence-corrected chi connectivity index (χ2v) is 6.34. The summed E-state index contributed by atoms with van der Waals surface area (Å²) in [5.74, 6) is -0.299. The summed E-state index contributed by atoms with van der Waals surface area (Å²) in [6.45, 7) is 0. The number of nitrogens with one attached hydrogen (secondary N) is 1. The number of anilines is 1. The average Bonchev–Trinajstić information content (AvgIpc) is 2.86. The van der Waals surface area contributed by atoms with Crippen LogP contribution in [-0.2, 0) is 0 Å². The average molecular weight is 347 g/mol. The summed E-state index contributed by atoms with van der Waals surface area (Å²) < 4.78 is 0.863. The molecule has 0 fully saturated rings. The molecule has 0 aliphatic rings. The minimum Gasteiger partial charge on any atom is -0.321 e. The zero-order chi connectivity index (χ0) is 15.7. The van der Waals surface area contributed by atoms with Gasteiger partial charge in [-0.2, -0.15) is 5.26 Å². The van der Waals surface area contributed by atoms with Crippen LogP contribution in [0.3, 0.4) is 0 Å². The molecule has 3 nitrogen and oxygen atoms in total. The van der Waals surface area contributed by atoms with Gasteiger partial charge in [-0.3, -0.25) is 4.79 Å². The number of hydrogen-bond acceptors (Lipinski definition) is 3. The van der Waals surface area contributed by atoms with Gasteiger partial charge in [-0.05, 0) is 36.4 Å². The largest absolute Gasteiger partial charge is 0.321 e. The second kappa shape index (κ2) is 5.98. The third-order valence-electron chi connectivity index (χ3n) is 3.08. The topological polar surface area (TPSA) is 52.9 Å². The van der Waals surface area contributed by atoms with Crippen molar-refractivity contribution in [1.82, 2.24) is 0 Å². The molecule has 0 aliphatic carbocycles. The fourth-order valence-corrected chi connectivity index (χ4v) is 3.88. The number of nitrogens with zero attached hydrogens (tertiary/aromatic N) is 1. The van der Waals surface area contributed by atoms with E-state index in [4.69, 9.17) is 28.5 Å². The van der Waals surface area contributed by atoms with Crippen molar-refractivity contribution in [2.24, 2.45) is 0 Å². The van der Waals surface area contributed by atoms with E-state index in [-0.39, 0.29) is 5.91 Å². The summed E-state index contributed by atoms with van der Waals surface area (Å²) in [7, 11) is 0. The van der Waals surface area contributed by atoms with Gasteiger partial charge < -0.3 is 5.32 Å². The summed E-state index contributed by atoms with van der Waals surface area (Å²) >= 11 is 13.7. The minimum absolute atomic E-state index is 0.299. The van der Waals surface area contributed by atoms with E-state index >= 15 is 0 Å². The van der Waals surface area contributed by atoms with Crippen molar-refractivity contribution in [2.75, 3.05) is 5.32 Å². The predicted octanol–water partition coefficient (Wildman–Crippen LogP) is 5.33. The van der Waals surface area contributed by atoms with Crippen LogP contribution in [0.2, 0.25) is 10.0 Å². The Morgan fingerprint density at radius 3 is 2.50 bits per heavy atom. The van der Waals surface area contributed by atoms with Gasteiger partial charge in [-0.25, -0.2) is 0 Å². The molecule has 1 aromatic heterocycles. The fourth-order valence-electron chi connectivity index (χ4n) is 2.03. The van der Waals surface area contributed by atoms with Gasteiger partial charge in [0.25, 0.3) is 5.91 Å². The molecule has 0 saturated heterocycles. The monoisotopic (exact) mass is 346 g/mol. The Bertz CT molecular complexity index is 910. The van der Waals surface area contributed by atoms with E-state index in [0.29, 0.717) is 31.6 Å². The lowest BCUT2D eigenvalue weighted by Crippen LogP contribution is -2.10. The quantitative estimate of drug-likeness (QED) is 0.681. The number of halogens is 2. The highest BCUT2D eigenvalue weighted by atomic mass is 35.5. The highest BCUT2D eigenvalue weighted by Gasteiger charge is 2.18. The Balaban J connectivity index is 1.93. The van der Waals surface area contributed by atoms with Crippen LogP contribution in [0, 0.1) is 11.3 Å². The van der Waals surface area contributed by atoms with Crippen LogP contribution >= 0.6 is 34.5 Å². The van der Waals surface area contributed by atoms with Gasteiger partial charge in [0.2, 0.25) is 0 Å². The van der Waals surface area contributed by atoms with Gasteiger partial charge in [0.1, 0.15) is 4.88 Å². The SMILES string of the molecule is N#Cc1ccc(NC(=O)c2sc3cccc(Cl)c3c2Cl)cc1. The molecule has 0 saturated carbocycles. The summed E-state index contributed by atoms with van der Waals surface area (Å²) in [6.07, 6.45) is 0.